The third-order valence-electron chi connectivity index (χ3n) is 4.87. The van der Waals surface area contributed by atoms with Gasteiger partial charge in [-0.2, -0.15) is 0 Å². The molecule has 1 amide bonds. The molecule has 1 saturated heterocycles. The number of benzene rings is 1. The molecule has 1 fully saturated rings. The van der Waals surface area contributed by atoms with Gasteiger partial charge in [0.15, 0.2) is 11.6 Å². The molecule has 8 nitrogen and oxygen atoms in total. The quantitative estimate of drug-likeness (QED) is 0.740. The zero-order valence-electron chi connectivity index (χ0n) is 17.2. The van der Waals surface area contributed by atoms with Crippen LogP contribution in [0, 0.1) is 18.6 Å². The number of hydrogen-bond acceptors (Lipinski definition) is 6. The first-order valence-corrected chi connectivity index (χ1v) is 9.65. The van der Waals surface area contributed by atoms with Gasteiger partial charge in [0.05, 0.1) is 13.2 Å². The van der Waals surface area contributed by atoms with E-state index in [1.165, 1.54) is 19.0 Å². The minimum Gasteiger partial charge on any atom is -0.378 e. The van der Waals surface area contributed by atoms with Crippen molar-refractivity contribution in [1.29, 1.82) is 0 Å². The molecule has 0 atom stereocenters. The Bertz CT molecular complexity index is 964. The zero-order chi connectivity index (χ0) is 21.8. The molecule has 0 bridgehead atoms. The minimum atomic E-state index is -0.773. The summed E-state index contributed by atoms with van der Waals surface area (Å²) >= 11 is 0. The van der Waals surface area contributed by atoms with E-state index in [1.807, 2.05) is 4.90 Å². The van der Waals surface area contributed by atoms with Gasteiger partial charge in [0.2, 0.25) is 11.9 Å². The number of carbonyl (C=O) groups excluding carboxylic acids is 1. The Balaban J connectivity index is 1.65. The van der Waals surface area contributed by atoms with E-state index in [1.54, 1.807) is 6.92 Å². The molecule has 0 radical (unpaired) electrons. The fourth-order valence-corrected chi connectivity index (χ4v) is 3.34. The lowest BCUT2D eigenvalue weighted by atomic mass is 10.1. The highest BCUT2D eigenvalue weighted by atomic mass is 19.1. The molecule has 1 aromatic heterocycles. The molecule has 2 N–H and O–H groups in total. The van der Waals surface area contributed by atoms with Crippen LogP contribution < -0.4 is 20.7 Å². The molecule has 30 heavy (non-hydrogen) atoms. The fraction of sp³-hybridized carbons (Fsp3) is 0.450. The van der Waals surface area contributed by atoms with Crippen LogP contribution in [0.2, 0.25) is 0 Å². The lowest BCUT2D eigenvalue weighted by Crippen LogP contribution is -2.38. The van der Waals surface area contributed by atoms with E-state index in [9.17, 15) is 18.4 Å². The van der Waals surface area contributed by atoms with Gasteiger partial charge in [-0.3, -0.25) is 14.6 Å². The molecule has 0 unspecified atom stereocenters. The van der Waals surface area contributed by atoms with Gasteiger partial charge >= 0.3 is 0 Å². The van der Waals surface area contributed by atoms with Crippen molar-refractivity contribution in [2.75, 3.05) is 55.5 Å². The number of ether oxygens (including phenoxy) is 1. The van der Waals surface area contributed by atoms with Crippen molar-refractivity contribution in [1.82, 2.24) is 9.97 Å². The van der Waals surface area contributed by atoms with Gasteiger partial charge in [0.1, 0.15) is 5.69 Å². The van der Waals surface area contributed by atoms with Crippen molar-refractivity contribution in [3.8, 4) is 0 Å². The van der Waals surface area contributed by atoms with Crippen LogP contribution in [0.3, 0.4) is 0 Å². The van der Waals surface area contributed by atoms with Crippen LogP contribution in [0.15, 0.2) is 16.9 Å². The molecular formula is C20H25F2N5O3. The van der Waals surface area contributed by atoms with Crippen molar-refractivity contribution in [2.24, 2.45) is 0 Å². The van der Waals surface area contributed by atoms with Gasteiger partial charge in [-0.1, -0.05) is 0 Å². The van der Waals surface area contributed by atoms with Crippen LogP contribution in [-0.2, 0) is 16.0 Å². The lowest BCUT2D eigenvalue weighted by Gasteiger charge is -2.27. The lowest BCUT2D eigenvalue weighted by molar-refractivity contribution is -0.116. The Hall–Kier alpha value is -3.01. The number of nitrogens with zero attached hydrogens (tertiary/aromatic N) is 3. The topological polar surface area (TPSA) is 90.6 Å². The Morgan fingerprint density at radius 3 is 2.47 bits per heavy atom. The van der Waals surface area contributed by atoms with E-state index in [2.05, 4.69) is 15.3 Å². The molecule has 10 heteroatoms. The summed E-state index contributed by atoms with van der Waals surface area (Å²) < 4.78 is 33.4. The smallest absolute Gasteiger partial charge is 0.255 e. The highest BCUT2D eigenvalue weighted by Gasteiger charge is 2.18. The number of aryl methyl sites for hydroxylation is 1. The maximum atomic E-state index is 14.1. The van der Waals surface area contributed by atoms with E-state index in [4.69, 9.17) is 4.74 Å². The summed E-state index contributed by atoms with van der Waals surface area (Å²) in [6, 6.07) is 2.13. The highest BCUT2D eigenvalue weighted by Crippen LogP contribution is 2.25. The summed E-state index contributed by atoms with van der Waals surface area (Å²) in [4.78, 5) is 35.2. The molecule has 0 spiro atoms. The number of H-pyrrole nitrogens is 1. The number of carbonyl (C=O) groups is 1. The molecule has 1 aliphatic heterocycles. The summed E-state index contributed by atoms with van der Waals surface area (Å²) in [6.45, 7) is 4.15. The third-order valence-corrected chi connectivity index (χ3v) is 4.87. The molecule has 0 saturated carbocycles. The minimum absolute atomic E-state index is 0.0204. The Morgan fingerprint density at radius 1 is 1.27 bits per heavy atom. The summed E-state index contributed by atoms with van der Waals surface area (Å²) in [5.74, 6) is -1.51. The number of anilines is 3. The van der Waals surface area contributed by atoms with E-state index in [-0.39, 0.29) is 29.8 Å². The molecule has 2 heterocycles. The number of aromatic nitrogens is 2. The largest absolute Gasteiger partial charge is 0.378 e. The van der Waals surface area contributed by atoms with Crippen LogP contribution in [0.5, 0.6) is 0 Å². The maximum Gasteiger partial charge on any atom is 0.255 e. The van der Waals surface area contributed by atoms with Crippen molar-refractivity contribution < 1.29 is 18.3 Å². The average molecular weight is 421 g/mol. The van der Waals surface area contributed by atoms with Crippen LogP contribution in [0.25, 0.3) is 0 Å². The first kappa shape index (κ1) is 21.7. The molecule has 162 valence electrons. The average Bonchev–Trinajstić information content (AvgIpc) is 2.67. The predicted octanol–water partition coefficient (Wildman–Crippen LogP) is 1.83. The van der Waals surface area contributed by atoms with Gasteiger partial charge in [-0.15, -0.1) is 0 Å². The van der Waals surface area contributed by atoms with Crippen LogP contribution in [0.4, 0.5) is 26.1 Å². The molecule has 1 aliphatic rings. The first-order valence-electron chi connectivity index (χ1n) is 9.65. The first-order chi connectivity index (χ1) is 14.3. The van der Waals surface area contributed by atoms with Crippen molar-refractivity contribution in [2.45, 2.75) is 19.8 Å². The second-order valence-electron chi connectivity index (χ2n) is 7.28. The second kappa shape index (κ2) is 9.21. The third kappa shape index (κ3) is 4.93. The van der Waals surface area contributed by atoms with Crippen LogP contribution in [-0.4, -0.2) is 56.3 Å². The second-order valence-corrected chi connectivity index (χ2v) is 7.28. The van der Waals surface area contributed by atoms with Gasteiger partial charge < -0.3 is 19.9 Å². The van der Waals surface area contributed by atoms with Gasteiger partial charge in [-0.25, -0.2) is 13.8 Å². The molecule has 1 aromatic carbocycles. The predicted molar refractivity (Wildman–Crippen MR) is 110 cm³/mol. The number of rotatable bonds is 6. The normalized spacial score (nSPS) is 14.0. The monoisotopic (exact) mass is 421 g/mol. The number of nitrogens with one attached hydrogen (secondary N) is 2. The SMILES string of the molecule is Cc1nc(N2CCOCC2)[nH]c(=O)c1CCC(=O)Nc1cc(F)c(N(C)C)c(F)c1. The zero-order valence-corrected chi connectivity index (χ0v) is 17.2. The summed E-state index contributed by atoms with van der Waals surface area (Å²) in [5.41, 5.74) is 0.487. The maximum absolute atomic E-state index is 14.1. The molecule has 2 aromatic rings. The van der Waals surface area contributed by atoms with E-state index < -0.39 is 17.5 Å². The van der Waals surface area contributed by atoms with Gasteiger partial charge in [0, 0.05) is 50.6 Å². The standard InChI is InChI=1S/C20H25F2N5O3/c1-12-14(19(29)25-20(23-12)27-6-8-30-9-7-27)4-5-17(28)24-13-10-15(21)18(26(2)3)16(22)11-13/h10-11H,4-9H2,1-3H3,(H,24,28)(H,23,25,29). The van der Waals surface area contributed by atoms with Gasteiger partial charge in [-0.05, 0) is 25.5 Å². The van der Waals surface area contributed by atoms with E-state index in [0.717, 1.165) is 12.1 Å². The summed E-state index contributed by atoms with van der Waals surface area (Å²) in [7, 11) is 3.05. The Morgan fingerprint density at radius 2 is 1.90 bits per heavy atom. The molecule has 0 aliphatic carbocycles. The van der Waals surface area contributed by atoms with E-state index >= 15 is 0 Å². The van der Waals surface area contributed by atoms with Crippen LogP contribution in [0.1, 0.15) is 17.7 Å². The summed E-state index contributed by atoms with van der Waals surface area (Å²) in [6.07, 6.45) is 0.130. The number of aromatic amines is 1. The van der Waals surface area contributed by atoms with E-state index in [0.29, 0.717) is 43.5 Å². The Labute approximate surface area is 172 Å². The number of morpholine rings is 1. The van der Waals surface area contributed by atoms with Crippen LogP contribution >= 0.6 is 0 Å². The van der Waals surface area contributed by atoms with Crippen molar-refractivity contribution >= 4 is 23.2 Å². The number of amides is 1. The summed E-state index contributed by atoms with van der Waals surface area (Å²) in [5, 5.41) is 2.47. The Kier molecular flexibility index (Phi) is 6.66. The van der Waals surface area contributed by atoms with Crippen molar-refractivity contribution in [3.63, 3.8) is 0 Å². The number of hydrogen-bond donors (Lipinski definition) is 2. The molecule has 3 rings (SSSR count). The fourth-order valence-electron chi connectivity index (χ4n) is 3.34. The van der Waals surface area contributed by atoms with Crippen molar-refractivity contribution in [3.05, 3.63) is 45.4 Å². The highest BCUT2D eigenvalue weighted by molar-refractivity contribution is 5.91. The molecular weight excluding hydrogens is 396 g/mol. The van der Waals surface area contributed by atoms with Gasteiger partial charge in [0.25, 0.3) is 5.56 Å². The number of halogens is 2.